The van der Waals surface area contributed by atoms with Gasteiger partial charge in [-0.3, -0.25) is 14.6 Å². The molecule has 5 nitrogen and oxygen atoms in total. The van der Waals surface area contributed by atoms with Crippen LogP contribution in [0.1, 0.15) is 73.9 Å². The topological polar surface area (TPSA) is 64.0 Å². The third kappa shape index (κ3) is 4.94. The van der Waals surface area contributed by atoms with Crippen molar-refractivity contribution in [1.82, 2.24) is 9.80 Å². The van der Waals surface area contributed by atoms with E-state index >= 15 is 0 Å². The predicted molar refractivity (Wildman–Crippen MR) is 126 cm³/mol. The van der Waals surface area contributed by atoms with Crippen molar-refractivity contribution in [2.24, 2.45) is 0 Å². The lowest BCUT2D eigenvalue weighted by Crippen LogP contribution is -2.48. The monoisotopic (exact) mass is 508 g/mol. The Hall–Kier alpha value is -2.33. The molecule has 2 aliphatic rings. The van der Waals surface area contributed by atoms with Crippen LogP contribution in [0.4, 0.5) is 17.6 Å². The molecule has 0 aromatic heterocycles. The van der Waals surface area contributed by atoms with E-state index in [2.05, 4.69) is 0 Å². The Morgan fingerprint density at radius 3 is 1.53 bits per heavy atom. The van der Waals surface area contributed by atoms with Gasteiger partial charge >= 0.3 is 0 Å². The van der Waals surface area contributed by atoms with E-state index in [0.717, 1.165) is 24.3 Å². The fourth-order valence-corrected chi connectivity index (χ4v) is 5.81. The minimum Gasteiger partial charge on any atom is -0.392 e. The standard InChI is InChI=1S/C27H32F4N2O3/c1-15(32-7-3-5-25(32)19-11-21(28)17(13-34)9-23(19)30)27(36)16(2)33-8-4-6-26(33)20-12-22(29)18(14-35)10-24(20)31/h9-12,15-16,25-26,34-35H,3-8,13-14H2,1-2H3. The first-order valence-corrected chi connectivity index (χ1v) is 12.4. The van der Waals surface area contributed by atoms with Crippen LogP contribution in [0.2, 0.25) is 0 Å². The molecule has 9 heteroatoms. The van der Waals surface area contributed by atoms with Crippen LogP contribution in [0.25, 0.3) is 0 Å². The van der Waals surface area contributed by atoms with Crippen LogP contribution in [-0.2, 0) is 18.0 Å². The number of aliphatic hydroxyl groups excluding tert-OH is 2. The van der Waals surface area contributed by atoms with Crippen LogP contribution in [0, 0.1) is 23.3 Å². The number of rotatable bonds is 8. The summed E-state index contributed by atoms with van der Waals surface area (Å²) in [5, 5.41) is 18.4. The Balaban J connectivity index is 1.55. The Morgan fingerprint density at radius 2 is 1.17 bits per heavy atom. The van der Waals surface area contributed by atoms with Gasteiger partial charge in [-0.2, -0.15) is 0 Å². The van der Waals surface area contributed by atoms with Gasteiger partial charge in [0.05, 0.1) is 25.3 Å². The fraction of sp³-hybridized carbons (Fsp3) is 0.519. The molecule has 4 unspecified atom stereocenters. The summed E-state index contributed by atoms with van der Waals surface area (Å²) < 4.78 is 58.2. The average molecular weight is 509 g/mol. The van der Waals surface area contributed by atoms with Crippen molar-refractivity contribution in [2.75, 3.05) is 13.1 Å². The number of ketones is 1. The first-order valence-electron chi connectivity index (χ1n) is 12.4. The molecule has 2 aliphatic heterocycles. The number of benzene rings is 2. The van der Waals surface area contributed by atoms with Crippen molar-refractivity contribution in [3.05, 3.63) is 69.8 Å². The zero-order chi connectivity index (χ0) is 26.1. The first kappa shape index (κ1) is 26.7. The van der Waals surface area contributed by atoms with E-state index in [1.807, 2.05) is 9.80 Å². The van der Waals surface area contributed by atoms with Gasteiger partial charge in [0.25, 0.3) is 0 Å². The molecular weight excluding hydrogens is 476 g/mol. The summed E-state index contributed by atoms with van der Waals surface area (Å²) in [6.45, 7) is 3.36. The molecule has 0 saturated carbocycles. The van der Waals surface area contributed by atoms with Gasteiger partial charge in [-0.25, -0.2) is 17.6 Å². The highest BCUT2D eigenvalue weighted by Crippen LogP contribution is 2.39. The molecule has 2 N–H and O–H groups in total. The van der Waals surface area contributed by atoms with Gasteiger partial charge in [-0.05, 0) is 76.9 Å². The average Bonchev–Trinajstić information content (AvgIpc) is 3.55. The molecule has 0 bridgehead atoms. The molecule has 2 heterocycles. The van der Waals surface area contributed by atoms with Gasteiger partial charge in [0.2, 0.25) is 0 Å². The number of nitrogens with zero attached hydrogens (tertiary/aromatic N) is 2. The number of likely N-dealkylation sites (tertiary alicyclic amines) is 2. The van der Waals surface area contributed by atoms with Gasteiger partial charge in [0.1, 0.15) is 23.3 Å². The Morgan fingerprint density at radius 1 is 0.778 bits per heavy atom. The molecule has 4 rings (SSSR count). The highest BCUT2D eigenvalue weighted by Gasteiger charge is 2.40. The molecule has 2 fully saturated rings. The number of carbonyl (C=O) groups excluding carboxylic acids is 1. The van der Waals surface area contributed by atoms with E-state index in [9.17, 15) is 32.6 Å². The molecule has 2 aromatic rings. The van der Waals surface area contributed by atoms with Crippen molar-refractivity contribution in [3.63, 3.8) is 0 Å². The molecule has 2 saturated heterocycles. The minimum atomic E-state index is -0.686. The second-order valence-corrected chi connectivity index (χ2v) is 9.79. The molecule has 0 aliphatic carbocycles. The lowest BCUT2D eigenvalue weighted by atomic mass is 9.97. The van der Waals surface area contributed by atoms with Crippen molar-refractivity contribution >= 4 is 5.78 Å². The largest absolute Gasteiger partial charge is 0.392 e. The quantitative estimate of drug-likeness (QED) is 0.513. The van der Waals surface area contributed by atoms with E-state index in [1.165, 1.54) is 0 Å². The van der Waals surface area contributed by atoms with Gasteiger partial charge in [-0.1, -0.05) is 0 Å². The zero-order valence-corrected chi connectivity index (χ0v) is 20.5. The van der Waals surface area contributed by atoms with Crippen molar-refractivity contribution < 1.29 is 32.6 Å². The fourth-order valence-electron chi connectivity index (χ4n) is 5.81. The molecule has 36 heavy (non-hydrogen) atoms. The summed E-state index contributed by atoms with van der Waals surface area (Å²) in [5.74, 6) is -2.74. The van der Waals surface area contributed by atoms with E-state index < -0.39 is 60.7 Å². The summed E-state index contributed by atoms with van der Waals surface area (Å²) in [6.07, 6.45) is 2.56. The van der Waals surface area contributed by atoms with Crippen molar-refractivity contribution in [2.45, 2.75) is 76.9 Å². The summed E-state index contributed by atoms with van der Waals surface area (Å²) >= 11 is 0. The zero-order valence-electron chi connectivity index (χ0n) is 20.5. The lowest BCUT2D eigenvalue weighted by Gasteiger charge is -2.36. The summed E-state index contributed by atoms with van der Waals surface area (Å²) in [6, 6.07) is 2.04. The second-order valence-electron chi connectivity index (χ2n) is 9.79. The third-order valence-corrected chi connectivity index (χ3v) is 7.80. The molecular formula is C27H32F4N2O3. The van der Waals surface area contributed by atoms with Crippen LogP contribution in [0.3, 0.4) is 0 Å². The molecule has 0 spiro atoms. The number of hydrogen-bond acceptors (Lipinski definition) is 5. The summed E-state index contributed by atoms with van der Waals surface area (Å²) in [5.41, 5.74) is 0.0914. The Kier molecular flexibility index (Phi) is 8.14. The van der Waals surface area contributed by atoms with Gasteiger partial charge < -0.3 is 10.2 Å². The normalized spacial score (nSPS) is 22.8. The molecule has 0 radical (unpaired) electrons. The second kappa shape index (κ2) is 11.0. The number of aliphatic hydroxyl groups is 2. The van der Waals surface area contributed by atoms with Crippen LogP contribution in [-0.4, -0.2) is 51.0 Å². The smallest absolute Gasteiger partial charge is 0.166 e. The maximum atomic E-state index is 14.8. The lowest BCUT2D eigenvalue weighted by molar-refractivity contribution is -0.129. The molecule has 4 atom stereocenters. The van der Waals surface area contributed by atoms with E-state index in [4.69, 9.17) is 0 Å². The van der Waals surface area contributed by atoms with Crippen molar-refractivity contribution in [3.8, 4) is 0 Å². The van der Waals surface area contributed by atoms with Crippen LogP contribution in [0.5, 0.6) is 0 Å². The minimum absolute atomic E-state index is 0.116. The number of carbonyl (C=O) groups is 1. The summed E-state index contributed by atoms with van der Waals surface area (Å²) in [7, 11) is 0. The number of hydrogen-bond donors (Lipinski definition) is 2. The summed E-state index contributed by atoms with van der Waals surface area (Å²) in [4.78, 5) is 17.3. The third-order valence-electron chi connectivity index (χ3n) is 7.80. The maximum Gasteiger partial charge on any atom is 0.166 e. The van der Waals surface area contributed by atoms with Gasteiger partial charge in [-0.15, -0.1) is 0 Å². The maximum absolute atomic E-state index is 14.8. The SMILES string of the molecule is CC(C(=O)C(C)N1CCCC1c1cc(F)c(CO)cc1F)N1CCCC1c1cc(F)c(CO)cc1F. The van der Waals surface area contributed by atoms with Crippen LogP contribution >= 0.6 is 0 Å². The Labute approximate surface area is 208 Å². The number of halogens is 4. The van der Waals surface area contributed by atoms with E-state index in [-0.39, 0.29) is 28.0 Å². The first-order chi connectivity index (χ1) is 17.2. The molecule has 0 amide bonds. The van der Waals surface area contributed by atoms with Crippen molar-refractivity contribution in [1.29, 1.82) is 0 Å². The van der Waals surface area contributed by atoms with Crippen LogP contribution in [0.15, 0.2) is 24.3 Å². The van der Waals surface area contributed by atoms with E-state index in [0.29, 0.717) is 38.8 Å². The van der Waals surface area contributed by atoms with Crippen LogP contribution < -0.4 is 0 Å². The predicted octanol–water partition coefficient (Wildman–Crippen LogP) is 4.55. The van der Waals surface area contributed by atoms with Gasteiger partial charge in [0.15, 0.2) is 5.78 Å². The van der Waals surface area contributed by atoms with E-state index in [1.54, 1.807) is 13.8 Å². The van der Waals surface area contributed by atoms with Gasteiger partial charge in [0, 0.05) is 34.3 Å². The Bertz CT molecular complexity index is 1040. The molecule has 196 valence electrons. The highest BCUT2D eigenvalue weighted by molar-refractivity contribution is 5.88. The molecule has 2 aromatic carbocycles. The highest BCUT2D eigenvalue weighted by atomic mass is 19.1. The number of Topliss-reactive ketones (excluding diaryl/α,β-unsaturated/α-hetero) is 1.